The highest BCUT2D eigenvalue weighted by Crippen LogP contribution is 2.34. The largest absolute Gasteiger partial charge is 0.418 e. The van der Waals surface area contributed by atoms with E-state index in [2.05, 4.69) is 16.0 Å². The van der Waals surface area contributed by atoms with Gasteiger partial charge in [-0.2, -0.15) is 13.2 Å². The summed E-state index contributed by atoms with van der Waals surface area (Å²) in [5, 5.41) is 7.59. The van der Waals surface area contributed by atoms with Gasteiger partial charge in [0.25, 0.3) is 5.91 Å². The first-order valence-corrected chi connectivity index (χ1v) is 9.82. The maximum absolute atomic E-state index is 13.1. The average Bonchev–Trinajstić information content (AvgIpc) is 2.71. The Morgan fingerprint density at radius 3 is 2.22 bits per heavy atom. The van der Waals surface area contributed by atoms with E-state index in [1.165, 1.54) is 19.2 Å². The number of halogens is 3. The van der Waals surface area contributed by atoms with Crippen LogP contribution in [0.15, 0.2) is 48.5 Å². The van der Waals surface area contributed by atoms with E-state index in [4.69, 9.17) is 0 Å². The molecule has 0 unspecified atom stereocenters. The zero-order valence-electron chi connectivity index (χ0n) is 17.9. The second-order valence-electron chi connectivity index (χ2n) is 7.43. The summed E-state index contributed by atoms with van der Waals surface area (Å²) in [5.41, 5.74) is -0.270. The summed E-state index contributed by atoms with van der Waals surface area (Å²) < 4.78 is 39.2. The zero-order valence-corrected chi connectivity index (χ0v) is 17.9. The number of amides is 4. The first kappa shape index (κ1) is 24.7. The lowest BCUT2D eigenvalue weighted by atomic mass is 10.1. The topological polar surface area (TPSA) is 90.5 Å². The lowest BCUT2D eigenvalue weighted by molar-refractivity contribution is -0.137. The molecule has 0 heterocycles. The van der Waals surface area contributed by atoms with Crippen LogP contribution in [-0.4, -0.2) is 42.4 Å². The molecule has 0 fully saturated rings. The Balaban J connectivity index is 1.94. The lowest BCUT2D eigenvalue weighted by Crippen LogP contribution is -2.39. The number of carbonyl (C=O) groups is 3. The molecule has 0 spiro atoms. The van der Waals surface area contributed by atoms with Crippen LogP contribution in [0.4, 0.5) is 23.7 Å². The van der Waals surface area contributed by atoms with Crippen LogP contribution in [0.5, 0.6) is 0 Å². The molecule has 2 rings (SSSR count). The first-order chi connectivity index (χ1) is 15.0. The van der Waals surface area contributed by atoms with Gasteiger partial charge >= 0.3 is 12.2 Å². The number of nitrogens with one attached hydrogen (secondary N) is 3. The molecule has 7 nitrogen and oxygen atoms in total. The number of carbonyl (C=O) groups excluding carboxylic acids is 3. The van der Waals surface area contributed by atoms with Crippen molar-refractivity contribution in [2.75, 3.05) is 18.9 Å². The monoisotopic (exact) mass is 450 g/mol. The molecule has 0 aliphatic heterocycles. The molecule has 172 valence electrons. The van der Waals surface area contributed by atoms with Gasteiger partial charge in [0, 0.05) is 25.2 Å². The molecule has 10 heteroatoms. The average molecular weight is 450 g/mol. The van der Waals surface area contributed by atoms with Crippen molar-refractivity contribution < 1.29 is 27.6 Å². The highest BCUT2D eigenvalue weighted by molar-refractivity contribution is 5.99. The highest BCUT2D eigenvalue weighted by atomic mass is 19.4. The number of benzene rings is 2. The van der Waals surface area contributed by atoms with Crippen molar-refractivity contribution in [3.63, 3.8) is 0 Å². The molecule has 0 aromatic heterocycles. The summed E-state index contributed by atoms with van der Waals surface area (Å²) in [7, 11) is 1.38. The Morgan fingerprint density at radius 1 is 1.00 bits per heavy atom. The molecule has 0 radical (unpaired) electrons. The second kappa shape index (κ2) is 10.7. The van der Waals surface area contributed by atoms with Crippen molar-refractivity contribution in [3.8, 4) is 0 Å². The summed E-state index contributed by atoms with van der Waals surface area (Å²) >= 11 is 0. The van der Waals surface area contributed by atoms with E-state index >= 15 is 0 Å². The summed E-state index contributed by atoms with van der Waals surface area (Å²) in [4.78, 5) is 37.5. The van der Waals surface area contributed by atoms with Gasteiger partial charge in [-0.3, -0.25) is 9.59 Å². The molecule has 0 atom stereocenters. The van der Waals surface area contributed by atoms with Crippen molar-refractivity contribution in [2.24, 2.45) is 0 Å². The summed E-state index contributed by atoms with van der Waals surface area (Å²) in [6.45, 7) is 3.52. The smallest absolute Gasteiger partial charge is 0.336 e. The Morgan fingerprint density at radius 2 is 1.62 bits per heavy atom. The van der Waals surface area contributed by atoms with Gasteiger partial charge in [-0.05, 0) is 43.7 Å². The third-order valence-corrected chi connectivity index (χ3v) is 4.31. The minimum absolute atomic E-state index is 0.00433. The van der Waals surface area contributed by atoms with Gasteiger partial charge in [-0.1, -0.05) is 24.3 Å². The van der Waals surface area contributed by atoms with Crippen LogP contribution in [0.2, 0.25) is 0 Å². The van der Waals surface area contributed by atoms with Gasteiger partial charge < -0.3 is 20.9 Å². The molecule has 0 saturated heterocycles. The van der Waals surface area contributed by atoms with Gasteiger partial charge in [0.2, 0.25) is 5.91 Å². The fourth-order valence-electron chi connectivity index (χ4n) is 2.80. The van der Waals surface area contributed by atoms with Gasteiger partial charge in [-0.25, -0.2) is 4.79 Å². The maximum Gasteiger partial charge on any atom is 0.418 e. The van der Waals surface area contributed by atoms with Crippen LogP contribution < -0.4 is 16.0 Å². The van der Waals surface area contributed by atoms with Crippen LogP contribution in [-0.2, 0) is 17.5 Å². The maximum atomic E-state index is 13.1. The van der Waals surface area contributed by atoms with Crippen molar-refractivity contribution in [1.82, 2.24) is 15.5 Å². The first-order valence-electron chi connectivity index (χ1n) is 9.82. The van der Waals surface area contributed by atoms with Crippen molar-refractivity contribution in [3.05, 3.63) is 65.2 Å². The number of para-hydroxylation sites is 1. The van der Waals surface area contributed by atoms with Crippen LogP contribution >= 0.6 is 0 Å². The summed E-state index contributed by atoms with van der Waals surface area (Å²) in [5.74, 6) is -1.23. The van der Waals surface area contributed by atoms with Gasteiger partial charge in [0.15, 0.2) is 0 Å². The molecule has 0 bridgehead atoms. The van der Waals surface area contributed by atoms with Crippen LogP contribution in [0.3, 0.4) is 0 Å². The minimum atomic E-state index is -4.61. The van der Waals surface area contributed by atoms with E-state index in [0.29, 0.717) is 5.56 Å². The number of nitrogens with zero attached hydrogens (tertiary/aromatic N) is 1. The van der Waals surface area contributed by atoms with Gasteiger partial charge in [0.05, 0.1) is 17.8 Å². The standard InChI is InChI=1S/C22H25F3N4O3/c1-14(2)27-21(32)26-12-15-8-10-16(11-9-15)20(31)29(3)13-19(30)28-18-7-5-4-6-17(18)22(23,24)25/h4-11,14H,12-13H2,1-3H3,(H,28,30)(H2,26,27,32). The number of hydrogen-bond donors (Lipinski definition) is 3. The molecule has 2 aromatic rings. The summed E-state index contributed by atoms with van der Waals surface area (Å²) in [6.07, 6.45) is -4.61. The molecule has 0 aliphatic rings. The fourth-order valence-corrected chi connectivity index (χ4v) is 2.80. The number of alkyl halides is 3. The Kier molecular flexibility index (Phi) is 8.22. The van der Waals surface area contributed by atoms with E-state index in [1.807, 2.05) is 13.8 Å². The van der Waals surface area contributed by atoms with E-state index in [-0.39, 0.29) is 24.3 Å². The van der Waals surface area contributed by atoms with Crippen molar-refractivity contribution in [2.45, 2.75) is 32.6 Å². The fraction of sp³-hybridized carbons (Fsp3) is 0.318. The minimum Gasteiger partial charge on any atom is -0.336 e. The van der Waals surface area contributed by atoms with Crippen LogP contribution in [0.1, 0.15) is 35.3 Å². The highest BCUT2D eigenvalue weighted by Gasteiger charge is 2.33. The molecule has 2 aromatic carbocycles. The predicted molar refractivity (Wildman–Crippen MR) is 114 cm³/mol. The van der Waals surface area contributed by atoms with E-state index in [0.717, 1.165) is 22.6 Å². The van der Waals surface area contributed by atoms with Crippen molar-refractivity contribution >= 4 is 23.5 Å². The quantitative estimate of drug-likeness (QED) is 0.602. The molecule has 3 N–H and O–H groups in total. The van der Waals surface area contributed by atoms with Gasteiger partial charge in [-0.15, -0.1) is 0 Å². The molecular weight excluding hydrogens is 425 g/mol. The predicted octanol–water partition coefficient (Wildman–Crippen LogP) is 3.62. The normalized spacial score (nSPS) is 11.1. The van der Waals surface area contributed by atoms with Gasteiger partial charge in [0.1, 0.15) is 0 Å². The molecule has 32 heavy (non-hydrogen) atoms. The van der Waals surface area contributed by atoms with E-state index < -0.39 is 30.1 Å². The third kappa shape index (κ3) is 7.29. The Hall–Kier alpha value is -3.56. The summed E-state index contributed by atoms with van der Waals surface area (Å²) in [6, 6.07) is 10.7. The molecule has 0 saturated carbocycles. The lowest BCUT2D eigenvalue weighted by Gasteiger charge is -2.18. The third-order valence-electron chi connectivity index (χ3n) is 4.31. The SMILES string of the molecule is CC(C)NC(=O)NCc1ccc(C(=O)N(C)CC(=O)Nc2ccccc2C(F)(F)F)cc1. The number of urea groups is 1. The molecule has 0 aliphatic carbocycles. The van der Waals surface area contributed by atoms with E-state index in [9.17, 15) is 27.6 Å². The van der Waals surface area contributed by atoms with Crippen LogP contribution in [0.25, 0.3) is 0 Å². The number of rotatable bonds is 7. The second-order valence-corrected chi connectivity index (χ2v) is 7.43. The molecule has 4 amide bonds. The Bertz CT molecular complexity index is 960. The van der Waals surface area contributed by atoms with Crippen LogP contribution in [0, 0.1) is 0 Å². The number of hydrogen-bond acceptors (Lipinski definition) is 3. The molecular formula is C22H25F3N4O3. The zero-order chi connectivity index (χ0) is 23.9. The van der Waals surface area contributed by atoms with E-state index in [1.54, 1.807) is 24.3 Å². The van der Waals surface area contributed by atoms with Crippen molar-refractivity contribution in [1.29, 1.82) is 0 Å². The Labute approximate surface area is 184 Å². The number of likely N-dealkylation sites (N-methyl/N-ethyl adjacent to an activating group) is 1. The number of anilines is 1.